The number of hydrogen-bond donors (Lipinski definition) is 0. The van der Waals surface area contributed by atoms with E-state index in [0.717, 1.165) is 12.8 Å². The van der Waals surface area contributed by atoms with E-state index in [0.29, 0.717) is 0 Å². The van der Waals surface area contributed by atoms with Gasteiger partial charge in [0, 0.05) is 25.8 Å². The van der Waals surface area contributed by atoms with Crippen LogP contribution in [0.3, 0.4) is 0 Å². The standard InChI is InChI=1S/2C5H5.C2H5.ClH.Hf/c2*1-2-4-5-3-1;1-2;;/h2*1-3H,4H2;1H2,2H3;1H;/q3*-1;;. The van der Waals surface area contributed by atoms with Crippen LogP contribution in [0.25, 0.3) is 0 Å². The second kappa shape index (κ2) is 18.8. The first-order valence-electron chi connectivity index (χ1n) is 4.14. The van der Waals surface area contributed by atoms with Crippen molar-refractivity contribution in [2.45, 2.75) is 19.8 Å². The summed E-state index contributed by atoms with van der Waals surface area (Å²) >= 11 is 0. The van der Waals surface area contributed by atoms with Crippen LogP contribution >= 0.6 is 12.4 Å². The molecule has 0 radical (unpaired) electrons. The Morgan fingerprint density at radius 2 is 1.29 bits per heavy atom. The van der Waals surface area contributed by atoms with Crippen LogP contribution in [0.4, 0.5) is 0 Å². The summed E-state index contributed by atoms with van der Waals surface area (Å²) < 4.78 is 0. The molecule has 0 nitrogen and oxygen atoms in total. The Hall–Kier alpha value is 0.120. The van der Waals surface area contributed by atoms with Crippen LogP contribution in [0, 0.1) is 19.1 Å². The Balaban J connectivity index is -0.000000131. The van der Waals surface area contributed by atoms with E-state index in [1.165, 1.54) is 0 Å². The van der Waals surface area contributed by atoms with Gasteiger partial charge in [-0.25, -0.2) is 24.3 Å². The summed E-state index contributed by atoms with van der Waals surface area (Å²) in [5.74, 6) is 0. The van der Waals surface area contributed by atoms with Crippen molar-refractivity contribution in [1.29, 1.82) is 0 Å². The zero-order chi connectivity index (χ0) is 9.07. The maximum Gasteiger partial charge on any atom is 0 e. The second-order valence-corrected chi connectivity index (χ2v) is 2.01. The van der Waals surface area contributed by atoms with E-state index in [4.69, 9.17) is 0 Å². The van der Waals surface area contributed by atoms with Gasteiger partial charge in [-0.2, -0.15) is 19.1 Å². The predicted octanol–water partition coefficient (Wildman–Crippen LogP) is 3.87. The molecular formula is C12H16ClHf-3. The van der Waals surface area contributed by atoms with E-state index >= 15 is 0 Å². The number of allylic oxidation sites excluding steroid dienone is 8. The first-order chi connectivity index (χ1) is 6.00. The number of rotatable bonds is 0. The molecule has 0 heterocycles. The molecule has 0 saturated heterocycles. The Morgan fingerprint density at radius 3 is 1.36 bits per heavy atom. The molecule has 2 rings (SSSR count). The summed E-state index contributed by atoms with van der Waals surface area (Å²) in [6.45, 7) is 5.00. The zero-order valence-corrected chi connectivity index (χ0v) is 12.9. The Morgan fingerprint density at radius 1 is 0.929 bits per heavy atom. The summed E-state index contributed by atoms with van der Waals surface area (Å²) in [6, 6.07) is 0. The second-order valence-electron chi connectivity index (χ2n) is 2.01. The van der Waals surface area contributed by atoms with E-state index in [9.17, 15) is 0 Å². The molecule has 2 aliphatic rings. The molecule has 0 spiro atoms. The SMILES string of the molecule is Cl.[C-]1=CC=CC1.[C-]1=CC=CC1.[CH2-]C.[Hf]. The first kappa shape index (κ1) is 19.7. The predicted molar refractivity (Wildman–Crippen MR) is 61.4 cm³/mol. The van der Waals surface area contributed by atoms with Gasteiger partial charge in [-0.3, -0.25) is 12.2 Å². The molecule has 0 saturated carbocycles. The van der Waals surface area contributed by atoms with Crippen molar-refractivity contribution in [2.75, 3.05) is 0 Å². The molecule has 14 heavy (non-hydrogen) atoms. The van der Waals surface area contributed by atoms with Crippen LogP contribution in [-0.2, 0) is 25.8 Å². The third-order valence-corrected chi connectivity index (χ3v) is 1.17. The van der Waals surface area contributed by atoms with Crippen molar-refractivity contribution in [3.63, 3.8) is 0 Å². The number of hydrogen-bond acceptors (Lipinski definition) is 0. The molecular weight excluding hydrogens is 358 g/mol. The average molecular weight is 374 g/mol. The fraction of sp³-hybridized carbons (Fsp3) is 0.250. The van der Waals surface area contributed by atoms with E-state index in [1.54, 1.807) is 6.92 Å². The Kier molecular flexibility index (Phi) is 26.4. The minimum Gasteiger partial charge on any atom is -0.346 e. The van der Waals surface area contributed by atoms with E-state index in [2.05, 4.69) is 31.2 Å². The largest absolute Gasteiger partial charge is 0.346 e. The van der Waals surface area contributed by atoms with Gasteiger partial charge in [-0.15, -0.1) is 25.2 Å². The van der Waals surface area contributed by atoms with Gasteiger partial charge in [0.15, 0.2) is 0 Å². The molecule has 78 valence electrons. The van der Waals surface area contributed by atoms with Crippen molar-refractivity contribution in [3.05, 3.63) is 55.5 Å². The molecule has 2 aliphatic carbocycles. The van der Waals surface area contributed by atoms with Crippen molar-refractivity contribution in [3.8, 4) is 0 Å². The summed E-state index contributed by atoms with van der Waals surface area (Å²) in [6.07, 6.45) is 20.0. The molecule has 0 aromatic carbocycles. The fourth-order valence-corrected chi connectivity index (χ4v) is 0.680. The zero-order valence-electron chi connectivity index (χ0n) is 8.49. The molecule has 0 aromatic rings. The van der Waals surface area contributed by atoms with Gasteiger partial charge < -0.3 is 6.92 Å². The minimum atomic E-state index is 0. The fourth-order valence-electron chi connectivity index (χ4n) is 0.680. The van der Waals surface area contributed by atoms with Crippen molar-refractivity contribution in [2.24, 2.45) is 0 Å². The monoisotopic (exact) mass is 375 g/mol. The van der Waals surface area contributed by atoms with Gasteiger partial charge in [0.25, 0.3) is 0 Å². The van der Waals surface area contributed by atoms with Crippen molar-refractivity contribution < 1.29 is 25.8 Å². The summed E-state index contributed by atoms with van der Waals surface area (Å²) in [4.78, 5) is 0. The first-order valence-corrected chi connectivity index (χ1v) is 4.14. The quantitative estimate of drug-likeness (QED) is 0.446. The molecule has 0 atom stereocenters. The van der Waals surface area contributed by atoms with Crippen molar-refractivity contribution in [1.82, 2.24) is 0 Å². The van der Waals surface area contributed by atoms with Crippen molar-refractivity contribution >= 4 is 12.4 Å². The normalized spacial score (nSPS) is 13.0. The molecule has 0 bridgehead atoms. The maximum atomic E-state index is 3.25. The summed E-state index contributed by atoms with van der Waals surface area (Å²) in [5, 5.41) is 0. The number of halogens is 1. The maximum absolute atomic E-state index is 3.25. The van der Waals surface area contributed by atoms with Crippen LogP contribution in [0.1, 0.15) is 19.8 Å². The van der Waals surface area contributed by atoms with Gasteiger partial charge in [-0.05, 0) is 0 Å². The van der Waals surface area contributed by atoms with Crippen LogP contribution in [-0.4, -0.2) is 0 Å². The average Bonchev–Trinajstić information content (AvgIpc) is 2.87. The van der Waals surface area contributed by atoms with E-state index < -0.39 is 0 Å². The molecule has 0 aromatic heterocycles. The van der Waals surface area contributed by atoms with Gasteiger partial charge in [0.2, 0.25) is 0 Å². The third-order valence-electron chi connectivity index (χ3n) is 1.17. The molecule has 2 heteroatoms. The van der Waals surface area contributed by atoms with Gasteiger partial charge in [-0.1, -0.05) is 0 Å². The summed E-state index contributed by atoms with van der Waals surface area (Å²) in [7, 11) is 0. The topological polar surface area (TPSA) is 0 Å². The van der Waals surface area contributed by atoms with Crippen LogP contribution < -0.4 is 0 Å². The summed E-state index contributed by atoms with van der Waals surface area (Å²) in [5.41, 5.74) is 0. The van der Waals surface area contributed by atoms with Crippen LogP contribution in [0.15, 0.2) is 36.5 Å². The molecule has 0 N–H and O–H groups in total. The smallest absolute Gasteiger partial charge is 0 e. The van der Waals surface area contributed by atoms with Gasteiger partial charge >= 0.3 is 0 Å². The van der Waals surface area contributed by atoms with Gasteiger partial charge in [0.05, 0.1) is 0 Å². The Labute approximate surface area is 113 Å². The molecule has 0 unspecified atom stereocenters. The Bertz CT molecular complexity index is 148. The van der Waals surface area contributed by atoms with Crippen LogP contribution in [0.5, 0.6) is 0 Å². The van der Waals surface area contributed by atoms with E-state index in [-0.39, 0.29) is 38.3 Å². The third kappa shape index (κ3) is 14.6. The van der Waals surface area contributed by atoms with E-state index in [1.807, 2.05) is 24.3 Å². The molecule has 0 fully saturated rings. The molecule has 0 aliphatic heterocycles. The minimum absolute atomic E-state index is 0. The van der Waals surface area contributed by atoms with Crippen LogP contribution in [0.2, 0.25) is 0 Å². The van der Waals surface area contributed by atoms with Gasteiger partial charge in [0.1, 0.15) is 0 Å². The molecule has 0 amide bonds.